The maximum absolute atomic E-state index is 13.2. The Hall–Kier alpha value is -2.77. The normalized spacial score (nSPS) is 33.2. The highest BCUT2D eigenvalue weighted by atomic mass is 16.4. The second kappa shape index (κ2) is 17.2. The Morgan fingerprint density at radius 3 is 2.06 bits per heavy atom. The van der Waals surface area contributed by atoms with Gasteiger partial charge in [0.2, 0.25) is 5.91 Å². The fourth-order valence-electron chi connectivity index (χ4n) is 11.4. The van der Waals surface area contributed by atoms with Gasteiger partial charge in [-0.2, -0.15) is 0 Å². The van der Waals surface area contributed by atoms with Gasteiger partial charge in [0.05, 0.1) is 13.1 Å². The van der Waals surface area contributed by atoms with Crippen molar-refractivity contribution in [3.05, 3.63) is 0 Å². The average molecular weight is 707 g/mol. The molecule has 0 saturated heterocycles. The molecule has 0 aromatic rings. The minimum Gasteiger partial charge on any atom is -0.481 e. The number of nitrogens with zero attached hydrogens (tertiary/aromatic N) is 2. The van der Waals surface area contributed by atoms with Crippen LogP contribution in [0.2, 0.25) is 0 Å². The van der Waals surface area contributed by atoms with Crippen molar-refractivity contribution < 1.29 is 44.4 Å². The van der Waals surface area contributed by atoms with Gasteiger partial charge >= 0.3 is 23.9 Å². The molecule has 4 rings (SSSR count). The quantitative estimate of drug-likeness (QED) is 0.114. The molecule has 4 aliphatic rings. The van der Waals surface area contributed by atoms with Crippen LogP contribution in [0, 0.1) is 46.3 Å². The zero-order valence-corrected chi connectivity index (χ0v) is 30.4. The first-order chi connectivity index (χ1) is 23.6. The van der Waals surface area contributed by atoms with Crippen molar-refractivity contribution in [2.75, 3.05) is 39.3 Å². The molecule has 284 valence electrons. The van der Waals surface area contributed by atoms with Crippen LogP contribution in [0.25, 0.3) is 0 Å². The number of carboxylic acids is 4. The van der Waals surface area contributed by atoms with E-state index >= 15 is 0 Å². The monoisotopic (exact) mass is 706 g/mol. The second-order valence-electron chi connectivity index (χ2n) is 16.5. The number of carbonyl (C=O) groups is 5. The molecule has 0 radical (unpaired) electrons. The van der Waals surface area contributed by atoms with Gasteiger partial charge in [0.1, 0.15) is 6.04 Å². The highest BCUT2D eigenvalue weighted by Gasteiger charge is 2.60. The molecule has 0 aromatic heterocycles. The van der Waals surface area contributed by atoms with E-state index < -0.39 is 43.0 Å². The van der Waals surface area contributed by atoms with Gasteiger partial charge in [0, 0.05) is 45.1 Å². The molecular weight excluding hydrogens is 644 g/mol. The Bertz CT molecular complexity index is 1220. The van der Waals surface area contributed by atoms with Gasteiger partial charge in [-0.25, -0.2) is 0 Å². The molecule has 10 atom stereocenters. The second-order valence-corrected chi connectivity index (χ2v) is 16.5. The van der Waals surface area contributed by atoms with E-state index in [0.29, 0.717) is 35.5 Å². The summed E-state index contributed by atoms with van der Waals surface area (Å²) in [6.07, 6.45) is 11.3. The highest BCUT2D eigenvalue weighted by molar-refractivity contribution is 5.78. The van der Waals surface area contributed by atoms with Gasteiger partial charge in [-0.1, -0.05) is 20.8 Å². The van der Waals surface area contributed by atoms with Crippen LogP contribution in [0.1, 0.15) is 104 Å². The molecule has 13 heteroatoms. The first-order valence-corrected chi connectivity index (χ1v) is 18.9. The number of carboxylic acid groups (broad SMARTS) is 4. The zero-order chi connectivity index (χ0) is 36.8. The maximum atomic E-state index is 13.2. The molecular formula is C37H62N4O9. The van der Waals surface area contributed by atoms with Crippen LogP contribution in [-0.2, 0) is 24.0 Å². The number of nitrogens with two attached hydrogens (primary N) is 1. The summed E-state index contributed by atoms with van der Waals surface area (Å²) in [5.41, 5.74) is 6.29. The molecule has 5 unspecified atom stereocenters. The van der Waals surface area contributed by atoms with Crippen molar-refractivity contribution in [2.45, 2.75) is 116 Å². The van der Waals surface area contributed by atoms with Gasteiger partial charge in [-0.3, -0.25) is 33.8 Å². The summed E-state index contributed by atoms with van der Waals surface area (Å²) >= 11 is 0. The molecule has 1 amide bonds. The molecule has 0 spiro atoms. The van der Waals surface area contributed by atoms with Crippen molar-refractivity contribution in [3.8, 4) is 0 Å². The minimum atomic E-state index is -1.18. The Balaban J connectivity index is 1.30. The number of aliphatic carboxylic acids is 4. The van der Waals surface area contributed by atoms with E-state index in [1.807, 2.05) is 0 Å². The van der Waals surface area contributed by atoms with Crippen molar-refractivity contribution in [2.24, 2.45) is 52.1 Å². The summed E-state index contributed by atoms with van der Waals surface area (Å²) in [6.45, 7) is 6.80. The fourth-order valence-corrected chi connectivity index (χ4v) is 11.4. The molecule has 0 bridgehead atoms. The van der Waals surface area contributed by atoms with E-state index in [0.717, 1.165) is 32.1 Å². The number of nitrogens with one attached hydrogen (secondary N) is 1. The Morgan fingerprint density at radius 1 is 0.780 bits per heavy atom. The van der Waals surface area contributed by atoms with Crippen molar-refractivity contribution in [1.29, 1.82) is 0 Å². The molecule has 7 N–H and O–H groups in total. The SMILES string of the molecule is CC(CCC(=O)O)C1CCC2C3CC[C@@H]4C[C@@H](NC(=O)CC[C@@H](C(=O)O)N(CCN)CCN(CC(=O)O)CC(=O)O)CC[C@]4(C)C3CC[C@]12C. The van der Waals surface area contributed by atoms with Crippen LogP contribution in [0.4, 0.5) is 0 Å². The average Bonchev–Trinajstić information content (AvgIpc) is 3.39. The van der Waals surface area contributed by atoms with Crippen LogP contribution in [0.3, 0.4) is 0 Å². The third-order valence-corrected chi connectivity index (χ3v) is 13.8. The largest absolute Gasteiger partial charge is 0.481 e. The summed E-state index contributed by atoms with van der Waals surface area (Å²) in [6, 6.07) is -0.959. The third-order valence-electron chi connectivity index (χ3n) is 13.8. The lowest BCUT2D eigenvalue weighted by molar-refractivity contribution is -0.146. The number of carbonyl (C=O) groups excluding carboxylic acids is 1. The molecule has 4 saturated carbocycles. The van der Waals surface area contributed by atoms with Gasteiger partial charge in [-0.05, 0) is 117 Å². The number of hydrogen-bond donors (Lipinski definition) is 6. The summed E-state index contributed by atoms with van der Waals surface area (Å²) in [5.74, 6) is -0.694. The number of rotatable bonds is 19. The number of amides is 1. The summed E-state index contributed by atoms with van der Waals surface area (Å²) in [4.78, 5) is 62.0. The van der Waals surface area contributed by atoms with Crippen LogP contribution in [0.15, 0.2) is 0 Å². The predicted molar refractivity (Wildman–Crippen MR) is 186 cm³/mol. The predicted octanol–water partition coefficient (Wildman–Crippen LogP) is 3.60. The number of fused-ring (bicyclic) bond motifs is 5. The van der Waals surface area contributed by atoms with Gasteiger partial charge in [0.15, 0.2) is 0 Å². The van der Waals surface area contributed by atoms with E-state index in [4.69, 9.17) is 15.9 Å². The third kappa shape index (κ3) is 9.36. The van der Waals surface area contributed by atoms with Gasteiger partial charge in [0.25, 0.3) is 0 Å². The van der Waals surface area contributed by atoms with E-state index in [9.17, 15) is 34.2 Å². The molecule has 4 aliphatic carbocycles. The summed E-state index contributed by atoms with van der Waals surface area (Å²) in [5, 5.41) is 40.8. The smallest absolute Gasteiger partial charge is 0.320 e. The maximum Gasteiger partial charge on any atom is 0.320 e. The Morgan fingerprint density at radius 2 is 1.44 bits per heavy atom. The van der Waals surface area contributed by atoms with Crippen molar-refractivity contribution in [1.82, 2.24) is 15.1 Å². The van der Waals surface area contributed by atoms with Crippen LogP contribution < -0.4 is 11.1 Å². The van der Waals surface area contributed by atoms with E-state index in [2.05, 4.69) is 26.1 Å². The first kappa shape index (κ1) is 40.0. The molecule has 4 fully saturated rings. The Kier molecular flexibility index (Phi) is 13.7. The molecule has 13 nitrogen and oxygen atoms in total. The first-order valence-electron chi connectivity index (χ1n) is 18.9. The van der Waals surface area contributed by atoms with Crippen LogP contribution >= 0.6 is 0 Å². The molecule has 0 heterocycles. The van der Waals surface area contributed by atoms with E-state index in [1.54, 1.807) is 4.90 Å². The van der Waals surface area contributed by atoms with Crippen molar-refractivity contribution in [3.63, 3.8) is 0 Å². The van der Waals surface area contributed by atoms with Crippen LogP contribution in [-0.4, -0.2) is 111 Å². The fraction of sp³-hybridized carbons (Fsp3) is 0.865. The number of hydrogen-bond acceptors (Lipinski definition) is 8. The van der Waals surface area contributed by atoms with E-state index in [1.165, 1.54) is 37.0 Å². The topological polar surface area (TPSA) is 211 Å². The zero-order valence-electron chi connectivity index (χ0n) is 30.4. The minimum absolute atomic E-state index is 0.0292. The van der Waals surface area contributed by atoms with Gasteiger partial charge < -0.3 is 31.5 Å². The highest BCUT2D eigenvalue weighted by Crippen LogP contribution is 2.68. The van der Waals surface area contributed by atoms with Gasteiger partial charge in [-0.15, -0.1) is 0 Å². The lowest BCUT2D eigenvalue weighted by atomic mass is 9.44. The Labute approximate surface area is 296 Å². The lowest BCUT2D eigenvalue weighted by Crippen LogP contribution is -2.55. The molecule has 50 heavy (non-hydrogen) atoms. The molecule has 0 aliphatic heterocycles. The van der Waals surface area contributed by atoms with E-state index in [-0.39, 0.29) is 68.2 Å². The standard InChI is InChI=1S/C37H62N4O9/c1-23(4-11-32(43)44)27-7-8-28-26-6-5-24-20-25(12-14-36(24,2)29(26)13-15-37(27,28)3)39-31(42)10-9-30(35(49)50)41(17-16-38)19-18-40(21-33(45)46)22-34(47)48/h23-30H,4-22,38H2,1-3H3,(H,39,42)(H,43,44)(H,45,46)(H,47,48)(H,49,50)/t23?,24-,25+,26?,27?,28?,29?,30+,36+,37-/m1/s1. The lowest BCUT2D eigenvalue weighted by Gasteiger charge is -2.61. The summed E-state index contributed by atoms with van der Waals surface area (Å²) in [7, 11) is 0. The van der Waals surface area contributed by atoms with Crippen LogP contribution in [0.5, 0.6) is 0 Å². The molecule has 0 aromatic carbocycles. The van der Waals surface area contributed by atoms with Crippen molar-refractivity contribution >= 4 is 29.8 Å². The summed E-state index contributed by atoms with van der Waals surface area (Å²) < 4.78 is 0.